The topological polar surface area (TPSA) is 127 Å². The number of sulfonamides is 1. The molecule has 21 heavy (non-hydrogen) atoms. The smallest absolute Gasteiger partial charge is 0.321 e. The van der Waals surface area contributed by atoms with Crippen LogP contribution in [0.1, 0.15) is 12.8 Å². The number of hydrogen-bond donors (Lipinski definition) is 3. The van der Waals surface area contributed by atoms with E-state index in [1.807, 2.05) is 0 Å². The summed E-state index contributed by atoms with van der Waals surface area (Å²) in [5.41, 5.74) is 4.87. The first-order valence-corrected chi connectivity index (χ1v) is 7.48. The van der Waals surface area contributed by atoms with Gasteiger partial charge in [-0.3, -0.25) is 9.59 Å². The van der Waals surface area contributed by atoms with Gasteiger partial charge in [-0.05, 0) is 24.6 Å². The van der Waals surface area contributed by atoms with Gasteiger partial charge >= 0.3 is 5.97 Å². The van der Waals surface area contributed by atoms with E-state index >= 15 is 0 Å². The molecule has 0 radical (unpaired) electrons. The predicted octanol–water partition coefficient (Wildman–Crippen LogP) is 0.476. The van der Waals surface area contributed by atoms with Crippen molar-refractivity contribution in [3.63, 3.8) is 0 Å². The fraction of sp³-hybridized carbons (Fsp3) is 0.273. The zero-order valence-corrected chi connectivity index (χ0v) is 12.1. The maximum absolute atomic E-state index is 13.6. The molecule has 0 heterocycles. The van der Waals surface area contributed by atoms with E-state index in [2.05, 4.69) is 0 Å². The van der Waals surface area contributed by atoms with Crippen LogP contribution in [-0.4, -0.2) is 31.4 Å². The lowest BCUT2D eigenvalue weighted by atomic mass is 10.2. The number of amides is 1. The monoisotopic (exact) mass is 338 g/mol. The number of rotatable bonds is 7. The summed E-state index contributed by atoms with van der Waals surface area (Å²) in [6.45, 7) is 0. The van der Waals surface area contributed by atoms with Crippen LogP contribution < -0.4 is 10.5 Å². The number of carbonyl (C=O) groups excluding carboxylic acids is 1. The molecule has 0 unspecified atom stereocenters. The first-order valence-electron chi connectivity index (χ1n) is 5.62. The van der Waals surface area contributed by atoms with E-state index in [1.165, 1.54) is 0 Å². The van der Waals surface area contributed by atoms with Crippen molar-refractivity contribution in [3.8, 4) is 0 Å². The number of aliphatic carboxylic acids is 1. The second kappa shape index (κ2) is 6.83. The highest BCUT2D eigenvalue weighted by atomic mass is 35.5. The predicted molar refractivity (Wildman–Crippen MR) is 71.6 cm³/mol. The van der Waals surface area contributed by atoms with Crippen molar-refractivity contribution in [3.05, 3.63) is 29.0 Å². The van der Waals surface area contributed by atoms with E-state index in [0.29, 0.717) is 0 Å². The molecule has 0 aromatic heterocycles. The molecule has 1 rings (SSSR count). The Morgan fingerprint density at radius 3 is 2.52 bits per heavy atom. The van der Waals surface area contributed by atoms with Crippen molar-refractivity contribution in [1.29, 1.82) is 0 Å². The van der Waals surface area contributed by atoms with Crippen molar-refractivity contribution in [1.82, 2.24) is 4.72 Å². The maximum Gasteiger partial charge on any atom is 0.321 e. The molecule has 1 aromatic carbocycles. The SMILES string of the molecule is NC(=O)CC[C@@H](NS(=O)(=O)c1ccc(Cl)cc1F)C(=O)O. The minimum Gasteiger partial charge on any atom is -0.480 e. The number of nitrogens with two attached hydrogens (primary N) is 1. The molecule has 0 aliphatic carbocycles. The first kappa shape index (κ1) is 17.3. The molecular weight excluding hydrogens is 327 g/mol. The van der Waals surface area contributed by atoms with Gasteiger partial charge in [-0.15, -0.1) is 0 Å². The van der Waals surface area contributed by atoms with Gasteiger partial charge in [0.05, 0.1) is 0 Å². The van der Waals surface area contributed by atoms with Gasteiger partial charge in [0.2, 0.25) is 15.9 Å². The standard InChI is InChI=1S/C11H12ClFN2O5S/c12-6-1-3-9(7(13)5-6)21(19,20)15-8(11(17)18)2-4-10(14)16/h1,3,5,8,15H,2,4H2,(H2,14,16)(H,17,18)/t8-/m1/s1. The highest BCUT2D eigenvalue weighted by Crippen LogP contribution is 2.19. The van der Waals surface area contributed by atoms with Crippen LogP contribution in [0.5, 0.6) is 0 Å². The van der Waals surface area contributed by atoms with Crippen molar-refractivity contribution in [2.24, 2.45) is 5.73 Å². The van der Waals surface area contributed by atoms with Crippen LogP contribution in [0.2, 0.25) is 5.02 Å². The van der Waals surface area contributed by atoms with Crippen LogP contribution >= 0.6 is 11.6 Å². The van der Waals surface area contributed by atoms with Crippen LogP contribution in [0.4, 0.5) is 4.39 Å². The Labute approximate surface area is 124 Å². The van der Waals surface area contributed by atoms with Crippen LogP contribution in [-0.2, 0) is 19.6 Å². The quantitative estimate of drug-likeness (QED) is 0.666. The third kappa shape index (κ3) is 4.96. The van der Waals surface area contributed by atoms with Crippen molar-refractivity contribution in [2.45, 2.75) is 23.8 Å². The molecule has 4 N–H and O–H groups in total. The molecule has 7 nitrogen and oxygen atoms in total. The van der Waals surface area contributed by atoms with Crippen LogP contribution in [0, 0.1) is 5.82 Å². The number of carbonyl (C=O) groups is 2. The normalized spacial score (nSPS) is 12.9. The Bertz CT molecular complexity index is 665. The number of carboxylic acids is 1. The van der Waals surface area contributed by atoms with E-state index < -0.39 is 38.7 Å². The molecule has 0 bridgehead atoms. The summed E-state index contributed by atoms with van der Waals surface area (Å²) in [6.07, 6.45) is -0.679. The molecule has 0 aliphatic rings. The van der Waals surface area contributed by atoms with Crippen molar-refractivity contribution >= 4 is 33.5 Å². The molecular formula is C11H12ClFN2O5S. The van der Waals surface area contributed by atoms with E-state index in [-0.39, 0.29) is 17.9 Å². The average molecular weight is 339 g/mol. The number of primary amides is 1. The summed E-state index contributed by atoms with van der Waals surface area (Å²) >= 11 is 5.51. The van der Waals surface area contributed by atoms with Gasteiger partial charge in [-0.25, -0.2) is 12.8 Å². The minimum absolute atomic E-state index is 0.00466. The lowest BCUT2D eigenvalue weighted by Gasteiger charge is -2.14. The summed E-state index contributed by atoms with van der Waals surface area (Å²) in [5.74, 6) is -3.40. The number of benzene rings is 1. The molecule has 0 saturated heterocycles. The molecule has 10 heteroatoms. The Kier molecular flexibility index (Phi) is 5.64. The second-order valence-electron chi connectivity index (χ2n) is 4.09. The molecule has 1 aromatic rings. The highest BCUT2D eigenvalue weighted by molar-refractivity contribution is 7.89. The fourth-order valence-corrected chi connectivity index (χ4v) is 2.91. The third-order valence-corrected chi connectivity index (χ3v) is 4.20. The van der Waals surface area contributed by atoms with Gasteiger partial charge in [0.15, 0.2) is 0 Å². The van der Waals surface area contributed by atoms with Gasteiger partial charge in [0, 0.05) is 11.4 Å². The molecule has 1 atom stereocenters. The Morgan fingerprint density at radius 2 is 2.05 bits per heavy atom. The third-order valence-electron chi connectivity index (χ3n) is 2.46. The zero-order chi connectivity index (χ0) is 16.2. The Hall–Kier alpha value is -1.71. The van der Waals surface area contributed by atoms with Gasteiger partial charge in [-0.1, -0.05) is 11.6 Å². The van der Waals surface area contributed by atoms with Crippen LogP contribution in [0.15, 0.2) is 23.1 Å². The molecule has 0 fully saturated rings. The van der Waals surface area contributed by atoms with Gasteiger partial charge < -0.3 is 10.8 Å². The number of halogens is 2. The lowest BCUT2D eigenvalue weighted by Crippen LogP contribution is -2.41. The van der Waals surface area contributed by atoms with Crippen LogP contribution in [0.3, 0.4) is 0 Å². The van der Waals surface area contributed by atoms with E-state index in [9.17, 15) is 22.4 Å². The van der Waals surface area contributed by atoms with Gasteiger partial charge in [0.25, 0.3) is 0 Å². The van der Waals surface area contributed by atoms with E-state index in [4.69, 9.17) is 22.4 Å². The van der Waals surface area contributed by atoms with E-state index in [0.717, 1.165) is 18.2 Å². The maximum atomic E-state index is 13.6. The van der Waals surface area contributed by atoms with Crippen molar-refractivity contribution < 1.29 is 27.5 Å². The first-order chi connectivity index (χ1) is 9.63. The zero-order valence-electron chi connectivity index (χ0n) is 10.5. The van der Waals surface area contributed by atoms with Gasteiger partial charge in [0.1, 0.15) is 16.8 Å². The summed E-state index contributed by atoms with van der Waals surface area (Å²) in [5, 5.41) is 8.91. The number of hydrogen-bond acceptors (Lipinski definition) is 4. The summed E-state index contributed by atoms with van der Waals surface area (Å²) in [4.78, 5) is 20.9. The summed E-state index contributed by atoms with van der Waals surface area (Å²) in [7, 11) is -4.42. The fourth-order valence-electron chi connectivity index (χ4n) is 1.46. The minimum atomic E-state index is -4.42. The summed E-state index contributed by atoms with van der Waals surface area (Å²) < 4.78 is 39.3. The Morgan fingerprint density at radius 1 is 1.43 bits per heavy atom. The summed E-state index contributed by atoms with van der Waals surface area (Å²) in [6, 6.07) is 1.25. The van der Waals surface area contributed by atoms with E-state index in [1.54, 1.807) is 4.72 Å². The number of carboxylic acid groups (broad SMARTS) is 1. The van der Waals surface area contributed by atoms with Crippen molar-refractivity contribution in [2.75, 3.05) is 0 Å². The lowest BCUT2D eigenvalue weighted by molar-refractivity contribution is -0.139. The largest absolute Gasteiger partial charge is 0.480 e. The molecule has 116 valence electrons. The number of nitrogens with one attached hydrogen (secondary N) is 1. The Balaban J connectivity index is 3.00. The highest BCUT2D eigenvalue weighted by Gasteiger charge is 2.27. The average Bonchev–Trinajstić information content (AvgIpc) is 2.33. The van der Waals surface area contributed by atoms with Crippen LogP contribution in [0.25, 0.3) is 0 Å². The van der Waals surface area contributed by atoms with Gasteiger partial charge in [-0.2, -0.15) is 4.72 Å². The molecule has 0 spiro atoms. The molecule has 0 saturated carbocycles. The second-order valence-corrected chi connectivity index (χ2v) is 6.21. The molecule has 1 amide bonds. The molecule has 0 aliphatic heterocycles.